The molecule has 0 amide bonds. The number of esters is 2. The molecule has 0 aliphatic heterocycles. The number of phosphoric ester groups is 1. The minimum Gasteiger partial charge on any atom is -0.462 e. The molecule has 350 valence electrons. The van der Waals surface area contributed by atoms with Gasteiger partial charge in [-0.15, -0.1) is 0 Å². The van der Waals surface area contributed by atoms with E-state index >= 15 is 0 Å². The summed E-state index contributed by atoms with van der Waals surface area (Å²) < 4.78 is 33.4. The first-order chi connectivity index (χ1) is 29.4. The fraction of sp³-hybridized carbons (Fsp3) is 0.702. The Balaban J connectivity index is 2.53. The van der Waals surface area contributed by atoms with Crippen molar-refractivity contribution in [1.29, 1.82) is 0 Å². The first kappa shape index (κ1) is 56.3. The molecular weight excluding hydrogens is 803 g/mol. The first-order valence-electron chi connectivity index (χ1n) is 22.7. The van der Waals surface area contributed by atoms with Crippen LogP contribution in [0.3, 0.4) is 0 Å². The van der Waals surface area contributed by atoms with Gasteiger partial charge in [-0.2, -0.15) is 0 Å². The molecular formula is C47H79O13P. The largest absolute Gasteiger partial charge is 0.472 e. The fourth-order valence-corrected chi connectivity index (χ4v) is 7.27. The van der Waals surface area contributed by atoms with Crippen molar-refractivity contribution in [3.8, 4) is 0 Å². The molecule has 0 spiro atoms. The third-order valence-electron chi connectivity index (χ3n) is 10.0. The van der Waals surface area contributed by atoms with Crippen LogP contribution in [0, 0.1) is 0 Å². The number of rotatable bonds is 36. The first-order valence-corrected chi connectivity index (χ1v) is 24.2. The number of carbonyl (C=O) groups is 2. The average molecular weight is 883 g/mol. The van der Waals surface area contributed by atoms with Crippen molar-refractivity contribution in [3.63, 3.8) is 0 Å². The highest BCUT2D eigenvalue weighted by molar-refractivity contribution is 7.47. The lowest BCUT2D eigenvalue weighted by Gasteiger charge is -2.41. The summed E-state index contributed by atoms with van der Waals surface area (Å²) in [6.45, 7) is 3.17. The van der Waals surface area contributed by atoms with Crippen molar-refractivity contribution in [2.75, 3.05) is 13.2 Å². The Labute approximate surface area is 365 Å². The molecule has 1 fully saturated rings. The van der Waals surface area contributed by atoms with Crippen LogP contribution < -0.4 is 0 Å². The van der Waals surface area contributed by atoms with Crippen molar-refractivity contribution >= 4 is 19.8 Å². The van der Waals surface area contributed by atoms with Gasteiger partial charge in [-0.1, -0.05) is 125 Å². The number of phosphoric acid groups is 1. The minimum absolute atomic E-state index is 0.0590. The summed E-state index contributed by atoms with van der Waals surface area (Å²) in [6.07, 6.45) is 32.4. The molecule has 61 heavy (non-hydrogen) atoms. The standard InChI is InChI=1S/C47H79O13P/c1-3-5-7-9-11-13-15-17-19-20-22-24-26-28-30-32-34-36-41(49)59-39(38-58-61(55,56)60-47-45(53)43(51)42(50)44(52)46(47)54)37-57-40(48)35-33-31-29-27-25-23-21-18-16-14-12-10-8-6-4-2/h11-14,17-19,21-22,24-25,27,39,42-47,50-54H,3-10,15-16,20,23,26,28-38H2,1-2H3,(H,55,56)/b13-11-,14-12-,19-17-,21-18-,24-22-,27-25-/t39-,42?,43-,44?,45?,46?,47?/m1/s1. The average Bonchev–Trinajstić information content (AvgIpc) is 3.24. The third-order valence-corrected chi connectivity index (χ3v) is 11.0. The van der Waals surface area contributed by atoms with Crippen molar-refractivity contribution in [1.82, 2.24) is 0 Å². The van der Waals surface area contributed by atoms with Crippen LogP contribution in [0.1, 0.15) is 155 Å². The maximum absolute atomic E-state index is 12.8. The quantitative estimate of drug-likeness (QED) is 0.0151. The van der Waals surface area contributed by atoms with E-state index in [0.717, 1.165) is 77.0 Å². The maximum Gasteiger partial charge on any atom is 0.472 e. The lowest BCUT2D eigenvalue weighted by atomic mass is 9.85. The Kier molecular flexibility index (Phi) is 33.9. The Hall–Kier alpha value is -2.71. The van der Waals surface area contributed by atoms with Crippen molar-refractivity contribution in [2.24, 2.45) is 0 Å². The Bertz CT molecular complexity index is 1340. The van der Waals surface area contributed by atoms with Crippen molar-refractivity contribution in [2.45, 2.75) is 198 Å². The lowest BCUT2D eigenvalue weighted by Crippen LogP contribution is -2.64. The summed E-state index contributed by atoms with van der Waals surface area (Å²) in [5.74, 6) is -1.18. The van der Waals surface area contributed by atoms with Gasteiger partial charge in [0.15, 0.2) is 6.10 Å². The van der Waals surface area contributed by atoms with Gasteiger partial charge in [0.2, 0.25) is 0 Å². The number of allylic oxidation sites excluding steroid dienone is 12. The molecule has 1 aliphatic carbocycles. The fourth-order valence-electron chi connectivity index (χ4n) is 6.30. The summed E-state index contributed by atoms with van der Waals surface area (Å²) >= 11 is 0. The number of aliphatic hydroxyl groups excluding tert-OH is 5. The van der Waals surface area contributed by atoms with E-state index in [4.69, 9.17) is 18.5 Å². The number of ether oxygens (including phenoxy) is 2. The van der Waals surface area contributed by atoms with Crippen LogP contribution in [0.5, 0.6) is 0 Å². The van der Waals surface area contributed by atoms with E-state index in [9.17, 15) is 44.6 Å². The van der Waals surface area contributed by atoms with Crippen LogP contribution in [0.15, 0.2) is 72.9 Å². The van der Waals surface area contributed by atoms with Crippen molar-refractivity contribution in [3.05, 3.63) is 72.9 Å². The maximum atomic E-state index is 12.8. The molecule has 0 aromatic rings. The van der Waals surface area contributed by atoms with Gasteiger partial charge < -0.3 is 39.9 Å². The number of carbonyl (C=O) groups excluding carboxylic acids is 2. The Morgan fingerprint density at radius 1 is 0.508 bits per heavy atom. The molecule has 0 aromatic heterocycles. The predicted octanol–water partition coefficient (Wildman–Crippen LogP) is 8.72. The molecule has 1 rings (SSSR count). The normalized spacial score (nSPS) is 22.7. The highest BCUT2D eigenvalue weighted by Gasteiger charge is 2.51. The van der Waals surface area contributed by atoms with Crippen molar-refractivity contribution < 1.29 is 63.1 Å². The molecule has 13 nitrogen and oxygen atoms in total. The Morgan fingerprint density at radius 3 is 1.36 bits per heavy atom. The molecule has 0 radical (unpaired) electrons. The second kappa shape index (κ2) is 36.7. The number of unbranched alkanes of at least 4 members (excludes halogenated alkanes) is 12. The van der Waals surface area contributed by atoms with Gasteiger partial charge in [-0.3, -0.25) is 18.6 Å². The molecule has 8 atom stereocenters. The lowest BCUT2D eigenvalue weighted by molar-refractivity contribution is -0.220. The van der Waals surface area contributed by atoms with Crippen LogP contribution in [-0.2, 0) is 32.7 Å². The second-order valence-corrected chi connectivity index (χ2v) is 16.9. The molecule has 0 aromatic carbocycles. The predicted molar refractivity (Wildman–Crippen MR) is 239 cm³/mol. The minimum atomic E-state index is -5.14. The summed E-state index contributed by atoms with van der Waals surface area (Å²) in [6, 6.07) is 0. The van der Waals surface area contributed by atoms with Crippen LogP contribution in [0.2, 0.25) is 0 Å². The Morgan fingerprint density at radius 2 is 0.885 bits per heavy atom. The molecule has 6 unspecified atom stereocenters. The van der Waals surface area contributed by atoms with Gasteiger partial charge in [0.1, 0.15) is 43.2 Å². The molecule has 1 saturated carbocycles. The van der Waals surface area contributed by atoms with E-state index in [1.54, 1.807) is 0 Å². The number of hydrogen-bond acceptors (Lipinski definition) is 12. The smallest absolute Gasteiger partial charge is 0.462 e. The highest BCUT2D eigenvalue weighted by atomic mass is 31.2. The zero-order valence-electron chi connectivity index (χ0n) is 36.9. The molecule has 0 heterocycles. The van der Waals surface area contributed by atoms with E-state index < -0.39 is 75.7 Å². The third kappa shape index (κ3) is 29.3. The van der Waals surface area contributed by atoms with Gasteiger partial charge in [0, 0.05) is 12.8 Å². The summed E-state index contributed by atoms with van der Waals surface area (Å²) in [5, 5.41) is 50.1. The van der Waals surface area contributed by atoms with Gasteiger partial charge >= 0.3 is 19.8 Å². The molecule has 0 saturated heterocycles. The van der Waals surface area contributed by atoms with E-state index in [2.05, 4.69) is 86.8 Å². The van der Waals surface area contributed by atoms with Gasteiger partial charge in [-0.25, -0.2) is 4.57 Å². The number of aliphatic hydroxyl groups is 5. The molecule has 14 heteroatoms. The van der Waals surface area contributed by atoms with E-state index in [1.807, 2.05) is 0 Å². The van der Waals surface area contributed by atoms with Crippen LogP contribution in [0.25, 0.3) is 0 Å². The number of hydrogen-bond donors (Lipinski definition) is 6. The highest BCUT2D eigenvalue weighted by Crippen LogP contribution is 2.47. The van der Waals surface area contributed by atoms with Gasteiger partial charge in [-0.05, 0) is 89.9 Å². The van der Waals surface area contributed by atoms with E-state index in [1.165, 1.54) is 38.5 Å². The topological polar surface area (TPSA) is 210 Å². The van der Waals surface area contributed by atoms with Gasteiger partial charge in [0.25, 0.3) is 0 Å². The molecule has 0 bridgehead atoms. The summed E-state index contributed by atoms with van der Waals surface area (Å²) in [4.78, 5) is 35.7. The van der Waals surface area contributed by atoms with Gasteiger partial charge in [0.05, 0.1) is 6.61 Å². The zero-order valence-corrected chi connectivity index (χ0v) is 37.8. The SMILES string of the molecule is CCCCC/C=C\C/C=C\C/C=C\CCCCCCC(=O)O[C@H](COC(=O)CCCC/C=C\C/C=C\C/C=C\CCCCC)COP(=O)(O)OC1C(O)C(O)C(O)[C@@H](O)C1O. The van der Waals surface area contributed by atoms with Crippen LogP contribution in [-0.4, -0.2) is 98.3 Å². The summed E-state index contributed by atoms with van der Waals surface area (Å²) in [5.41, 5.74) is 0. The second-order valence-electron chi connectivity index (χ2n) is 15.5. The monoisotopic (exact) mass is 883 g/mol. The molecule has 1 aliphatic rings. The van der Waals surface area contributed by atoms with E-state index in [0.29, 0.717) is 12.8 Å². The molecule has 6 N–H and O–H groups in total. The van der Waals surface area contributed by atoms with Crippen LogP contribution >= 0.6 is 7.82 Å². The van der Waals surface area contributed by atoms with E-state index in [-0.39, 0.29) is 12.8 Å². The summed E-state index contributed by atoms with van der Waals surface area (Å²) in [7, 11) is -5.14. The van der Waals surface area contributed by atoms with Crippen LogP contribution in [0.4, 0.5) is 0 Å². The zero-order chi connectivity index (χ0) is 45.0.